The first-order chi connectivity index (χ1) is 10.8. The molecule has 1 N–H and O–H groups in total. The van der Waals surface area contributed by atoms with Gasteiger partial charge in [-0.15, -0.1) is 0 Å². The van der Waals surface area contributed by atoms with Gasteiger partial charge in [-0.05, 0) is 30.5 Å². The predicted octanol–water partition coefficient (Wildman–Crippen LogP) is 1.75. The quantitative estimate of drug-likeness (QED) is 0.907. The smallest absolute Gasteiger partial charge is 0.147 e. The Kier molecular flexibility index (Phi) is 4.80. The molecule has 6 nitrogen and oxygen atoms in total. The van der Waals surface area contributed by atoms with E-state index in [-0.39, 0.29) is 6.10 Å². The molecule has 3 heterocycles. The molecule has 1 aliphatic heterocycles. The number of rotatable bonds is 5. The topological polar surface area (TPSA) is 63.2 Å². The Hall–Kier alpha value is -2.21. The third kappa shape index (κ3) is 3.71. The lowest BCUT2D eigenvalue weighted by Gasteiger charge is -2.33. The van der Waals surface area contributed by atoms with E-state index in [9.17, 15) is 0 Å². The monoisotopic (exact) mass is 299 g/mol. The number of hydrogen-bond acceptors (Lipinski definition) is 6. The number of aryl methyl sites for hydroxylation is 1. The number of ether oxygens (including phenoxy) is 1. The van der Waals surface area contributed by atoms with Crippen LogP contribution in [0.25, 0.3) is 0 Å². The molecule has 1 fully saturated rings. The Balaban J connectivity index is 1.56. The second-order valence-electron chi connectivity index (χ2n) is 5.34. The van der Waals surface area contributed by atoms with Crippen LogP contribution in [0.4, 0.5) is 11.6 Å². The molecule has 2 aromatic rings. The van der Waals surface area contributed by atoms with Gasteiger partial charge < -0.3 is 15.0 Å². The van der Waals surface area contributed by atoms with Crippen LogP contribution in [0.3, 0.4) is 0 Å². The van der Waals surface area contributed by atoms with Crippen LogP contribution in [0.15, 0.2) is 36.9 Å². The first kappa shape index (κ1) is 14.7. The van der Waals surface area contributed by atoms with Crippen molar-refractivity contribution in [3.63, 3.8) is 0 Å². The lowest BCUT2D eigenvalue weighted by atomic mass is 10.1. The highest BCUT2D eigenvalue weighted by atomic mass is 16.5. The van der Waals surface area contributed by atoms with Gasteiger partial charge in [-0.25, -0.2) is 9.97 Å². The van der Waals surface area contributed by atoms with Gasteiger partial charge in [0.1, 0.15) is 11.6 Å². The van der Waals surface area contributed by atoms with Crippen molar-refractivity contribution in [2.75, 3.05) is 37.0 Å². The van der Waals surface area contributed by atoms with Gasteiger partial charge in [-0.2, -0.15) is 0 Å². The highest BCUT2D eigenvalue weighted by Gasteiger charge is 2.21. The van der Waals surface area contributed by atoms with Gasteiger partial charge >= 0.3 is 0 Å². The Morgan fingerprint density at radius 3 is 3.09 bits per heavy atom. The average Bonchev–Trinajstić information content (AvgIpc) is 2.61. The Labute approximate surface area is 130 Å². The molecule has 0 unspecified atom stereocenters. The summed E-state index contributed by atoms with van der Waals surface area (Å²) in [6, 6.07) is 4.15. The molecule has 22 heavy (non-hydrogen) atoms. The third-order valence-corrected chi connectivity index (χ3v) is 3.85. The van der Waals surface area contributed by atoms with Crippen molar-refractivity contribution in [2.24, 2.45) is 0 Å². The van der Waals surface area contributed by atoms with Crippen molar-refractivity contribution in [1.29, 1.82) is 0 Å². The van der Waals surface area contributed by atoms with Crippen molar-refractivity contribution in [1.82, 2.24) is 15.0 Å². The molecule has 0 spiro atoms. The van der Waals surface area contributed by atoms with E-state index in [4.69, 9.17) is 4.74 Å². The molecule has 0 bridgehead atoms. The summed E-state index contributed by atoms with van der Waals surface area (Å²) in [6.07, 6.45) is 9.28. The number of hydrogen-bond donors (Lipinski definition) is 1. The summed E-state index contributed by atoms with van der Waals surface area (Å²) in [5.74, 6) is 1.83. The molecule has 116 valence electrons. The minimum Gasteiger partial charge on any atom is -0.375 e. The molecule has 1 saturated heterocycles. The molecule has 1 aliphatic rings. The maximum atomic E-state index is 5.89. The Morgan fingerprint density at radius 2 is 2.27 bits per heavy atom. The van der Waals surface area contributed by atoms with E-state index in [2.05, 4.69) is 37.3 Å². The van der Waals surface area contributed by atoms with Gasteiger partial charge in [0.15, 0.2) is 0 Å². The van der Waals surface area contributed by atoms with Gasteiger partial charge in [-0.3, -0.25) is 4.98 Å². The molecule has 0 aromatic carbocycles. The van der Waals surface area contributed by atoms with Crippen LogP contribution in [0.1, 0.15) is 12.0 Å². The van der Waals surface area contributed by atoms with Crippen molar-refractivity contribution in [3.05, 3.63) is 42.5 Å². The van der Waals surface area contributed by atoms with Crippen molar-refractivity contribution >= 4 is 11.6 Å². The first-order valence-corrected chi connectivity index (χ1v) is 7.60. The highest BCUT2D eigenvalue weighted by molar-refractivity contribution is 5.37. The number of pyridine rings is 1. The van der Waals surface area contributed by atoms with Crippen molar-refractivity contribution < 1.29 is 4.74 Å². The van der Waals surface area contributed by atoms with Crippen LogP contribution in [0, 0.1) is 0 Å². The summed E-state index contributed by atoms with van der Waals surface area (Å²) in [5, 5.41) is 3.07. The maximum absolute atomic E-state index is 5.89. The number of morpholine rings is 1. The van der Waals surface area contributed by atoms with Crippen LogP contribution in [-0.2, 0) is 11.2 Å². The first-order valence-electron chi connectivity index (χ1n) is 7.60. The van der Waals surface area contributed by atoms with Gasteiger partial charge in [0.2, 0.25) is 0 Å². The molecule has 0 radical (unpaired) electrons. The molecule has 0 aliphatic carbocycles. The molecule has 2 aromatic heterocycles. The summed E-state index contributed by atoms with van der Waals surface area (Å²) in [4.78, 5) is 15.0. The second-order valence-corrected chi connectivity index (χ2v) is 5.34. The van der Waals surface area contributed by atoms with Crippen molar-refractivity contribution in [2.45, 2.75) is 18.9 Å². The number of anilines is 2. The largest absolute Gasteiger partial charge is 0.375 e. The summed E-state index contributed by atoms with van der Waals surface area (Å²) < 4.78 is 5.89. The summed E-state index contributed by atoms with van der Waals surface area (Å²) >= 11 is 0. The Bertz CT molecular complexity index is 592. The fourth-order valence-corrected chi connectivity index (χ4v) is 2.65. The van der Waals surface area contributed by atoms with E-state index in [0.717, 1.165) is 44.2 Å². The average molecular weight is 299 g/mol. The molecular formula is C16H21N5O. The Morgan fingerprint density at radius 1 is 1.32 bits per heavy atom. The standard InChI is InChI=1S/C16H21N5O/c1-17-15-10-13(4-5-19-15)2-3-14-12-21(8-9-22-14)16-11-18-6-7-20-16/h4-7,10-11,14H,2-3,8-9,12H2,1H3,(H,17,19)/t14-/m1/s1. The molecule has 6 heteroatoms. The molecule has 1 atom stereocenters. The SMILES string of the molecule is CNc1cc(CC[C@@H]2CN(c3cnccn3)CCO2)ccn1. The number of nitrogens with zero attached hydrogens (tertiary/aromatic N) is 4. The summed E-state index contributed by atoms with van der Waals surface area (Å²) in [5.41, 5.74) is 1.28. The van der Waals surface area contributed by atoms with E-state index >= 15 is 0 Å². The fraction of sp³-hybridized carbons (Fsp3) is 0.438. The van der Waals surface area contributed by atoms with Crippen LogP contribution in [0.5, 0.6) is 0 Å². The lowest BCUT2D eigenvalue weighted by Crippen LogP contribution is -2.43. The molecular weight excluding hydrogens is 278 g/mol. The third-order valence-electron chi connectivity index (χ3n) is 3.85. The van der Waals surface area contributed by atoms with Gasteiger partial charge in [0.05, 0.1) is 18.9 Å². The zero-order valence-corrected chi connectivity index (χ0v) is 12.8. The van der Waals surface area contributed by atoms with E-state index in [1.807, 2.05) is 19.4 Å². The van der Waals surface area contributed by atoms with E-state index in [0.29, 0.717) is 0 Å². The van der Waals surface area contributed by atoms with Gasteiger partial charge in [0, 0.05) is 38.7 Å². The van der Waals surface area contributed by atoms with E-state index in [1.165, 1.54) is 5.56 Å². The summed E-state index contributed by atoms with van der Waals surface area (Å²) in [7, 11) is 1.88. The van der Waals surface area contributed by atoms with E-state index < -0.39 is 0 Å². The van der Waals surface area contributed by atoms with Crippen LogP contribution >= 0.6 is 0 Å². The predicted molar refractivity (Wildman–Crippen MR) is 86.1 cm³/mol. The number of aromatic nitrogens is 3. The highest BCUT2D eigenvalue weighted by Crippen LogP contribution is 2.17. The molecule has 0 amide bonds. The van der Waals surface area contributed by atoms with Crippen LogP contribution in [0.2, 0.25) is 0 Å². The summed E-state index contributed by atoms with van der Waals surface area (Å²) in [6.45, 7) is 2.47. The maximum Gasteiger partial charge on any atom is 0.147 e. The normalized spacial score (nSPS) is 18.2. The van der Waals surface area contributed by atoms with Gasteiger partial charge in [0.25, 0.3) is 0 Å². The molecule has 0 saturated carbocycles. The van der Waals surface area contributed by atoms with E-state index in [1.54, 1.807) is 12.4 Å². The minimum atomic E-state index is 0.224. The zero-order valence-electron chi connectivity index (χ0n) is 12.8. The minimum absolute atomic E-state index is 0.224. The van der Waals surface area contributed by atoms with Crippen LogP contribution in [-0.4, -0.2) is 47.8 Å². The van der Waals surface area contributed by atoms with Crippen molar-refractivity contribution in [3.8, 4) is 0 Å². The molecule has 3 rings (SSSR count). The van der Waals surface area contributed by atoms with Gasteiger partial charge in [-0.1, -0.05) is 0 Å². The van der Waals surface area contributed by atoms with Crippen LogP contribution < -0.4 is 10.2 Å². The number of nitrogens with one attached hydrogen (secondary N) is 1. The second kappa shape index (κ2) is 7.17. The zero-order chi connectivity index (χ0) is 15.2. The fourth-order valence-electron chi connectivity index (χ4n) is 2.65. The lowest BCUT2D eigenvalue weighted by molar-refractivity contribution is 0.0352.